The van der Waals surface area contributed by atoms with Crippen molar-refractivity contribution in [2.45, 2.75) is 126 Å². The fourth-order valence-corrected chi connectivity index (χ4v) is 13.6. The Morgan fingerprint density at radius 1 is 0.769 bits per heavy atom. The van der Waals surface area contributed by atoms with E-state index in [2.05, 4.69) is 66.3 Å². The van der Waals surface area contributed by atoms with Crippen molar-refractivity contribution in [3.8, 4) is 0 Å². The fraction of sp³-hybridized carbons (Fsp3) is 0.625. The van der Waals surface area contributed by atoms with Crippen LogP contribution in [0.2, 0.25) is 0 Å². The molecule has 4 saturated carbocycles. The van der Waals surface area contributed by atoms with Gasteiger partial charge < -0.3 is 9.47 Å². The van der Waals surface area contributed by atoms with Crippen LogP contribution in [0.25, 0.3) is 5.57 Å². The molecule has 280 valence electrons. The van der Waals surface area contributed by atoms with Crippen molar-refractivity contribution in [1.29, 1.82) is 0 Å². The van der Waals surface area contributed by atoms with Crippen LogP contribution in [0, 0.1) is 56.7 Å². The summed E-state index contributed by atoms with van der Waals surface area (Å²) in [7, 11) is 0. The lowest BCUT2D eigenvalue weighted by Crippen LogP contribution is -2.65. The topological polar surface area (TPSA) is 52.6 Å². The van der Waals surface area contributed by atoms with Crippen molar-refractivity contribution in [3.05, 3.63) is 89.5 Å². The number of benzene rings is 2. The maximum atomic E-state index is 13.2. The third kappa shape index (κ3) is 5.76. The van der Waals surface area contributed by atoms with Gasteiger partial charge in [-0.2, -0.15) is 0 Å². The largest absolute Gasteiger partial charge is 0.461 e. The lowest BCUT2D eigenvalue weighted by Gasteiger charge is -2.72. The van der Waals surface area contributed by atoms with Crippen LogP contribution in [0.15, 0.2) is 72.8 Å². The quantitative estimate of drug-likeness (QED) is 0.222. The van der Waals surface area contributed by atoms with E-state index in [1.54, 1.807) is 0 Å². The Morgan fingerprint density at radius 3 is 2.10 bits per heavy atom. The van der Waals surface area contributed by atoms with Crippen LogP contribution in [0.4, 0.5) is 0 Å². The highest BCUT2D eigenvalue weighted by Crippen LogP contribution is 2.77. The number of hydrogen-bond acceptors (Lipinski definition) is 4. The number of allylic oxidation sites excluding steroid dienone is 3. The Morgan fingerprint density at radius 2 is 1.44 bits per heavy atom. The van der Waals surface area contributed by atoms with Gasteiger partial charge in [0.05, 0.1) is 17.7 Å². The summed E-state index contributed by atoms with van der Waals surface area (Å²) in [5.41, 5.74) is 5.45. The van der Waals surface area contributed by atoms with Gasteiger partial charge in [0.15, 0.2) is 0 Å². The summed E-state index contributed by atoms with van der Waals surface area (Å²) in [6, 6.07) is 17.7. The Balaban J connectivity index is 1.16. The number of fused-ring (bicyclic) bond motifs is 7. The molecule has 4 fully saturated rings. The van der Waals surface area contributed by atoms with Crippen LogP contribution in [0.1, 0.15) is 146 Å². The molecule has 0 aromatic heterocycles. The lowest BCUT2D eigenvalue weighted by molar-refractivity contribution is -0.228. The van der Waals surface area contributed by atoms with Crippen molar-refractivity contribution < 1.29 is 19.1 Å². The number of carbonyl (C=O) groups excluding carboxylic acids is 2. The zero-order chi connectivity index (χ0) is 37.5. The minimum absolute atomic E-state index is 0.0143. The molecule has 0 heterocycles. The maximum absolute atomic E-state index is 13.2. The second kappa shape index (κ2) is 12.7. The highest BCUT2D eigenvalue weighted by atomic mass is 16.6. The first-order valence-corrected chi connectivity index (χ1v) is 20.3. The second-order valence-electron chi connectivity index (χ2n) is 20.1. The predicted molar refractivity (Wildman–Crippen MR) is 211 cm³/mol. The third-order valence-electron chi connectivity index (χ3n) is 16.1. The molecule has 0 aliphatic heterocycles. The summed E-state index contributed by atoms with van der Waals surface area (Å²) in [5.74, 6) is 2.39. The normalized spacial score (nSPS) is 37.7. The highest BCUT2D eigenvalue weighted by molar-refractivity contribution is 5.90. The van der Waals surface area contributed by atoms with Crippen LogP contribution >= 0.6 is 0 Å². The smallest absolute Gasteiger partial charge is 0.338 e. The van der Waals surface area contributed by atoms with Crippen LogP contribution < -0.4 is 0 Å². The number of rotatable bonds is 6. The number of esters is 2. The van der Waals surface area contributed by atoms with E-state index in [9.17, 15) is 9.59 Å². The Labute approximate surface area is 314 Å². The first-order chi connectivity index (χ1) is 24.4. The molecular formula is C48H64O4. The number of ether oxygens (including phenoxy) is 2. The van der Waals surface area contributed by atoms with Crippen molar-refractivity contribution >= 4 is 17.5 Å². The van der Waals surface area contributed by atoms with Crippen molar-refractivity contribution in [2.75, 3.05) is 6.61 Å². The van der Waals surface area contributed by atoms with Gasteiger partial charge >= 0.3 is 11.9 Å². The molecule has 1 unspecified atom stereocenters. The average Bonchev–Trinajstić information content (AvgIpc) is 3.47. The number of hydrogen-bond donors (Lipinski definition) is 0. The predicted octanol–water partition coefficient (Wildman–Crippen LogP) is 12.1. The summed E-state index contributed by atoms with van der Waals surface area (Å²) in [6.07, 6.45) is 13.3. The summed E-state index contributed by atoms with van der Waals surface area (Å²) in [6.45, 7) is 26.1. The van der Waals surface area contributed by atoms with Gasteiger partial charge in [0.1, 0.15) is 5.60 Å². The van der Waals surface area contributed by atoms with Gasteiger partial charge in [-0.05, 0) is 172 Å². The molecule has 2 aromatic rings. The maximum Gasteiger partial charge on any atom is 0.338 e. The molecular weight excluding hydrogens is 641 g/mol. The minimum Gasteiger partial charge on any atom is -0.461 e. The second-order valence-corrected chi connectivity index (χ2v) is 20.1. The molecule has 0 bridgehead atoms. The van der Waals surface area contributed by atoms with E-state index < -0.39 is 5.60 Å². The van der Waals surface area contributed by atoms with Gasteiger partial charge in [-0.1, -0.05) is 83.2 Å². The Bertz CT molecular complexity index is 1740. The molecule has 0 N–H and O–H groups in total. The first-order valence-electron chi connectivity index (χ1n) is 20.3. The third-order valence-corrected chi connectivity index (χ3v) is 16.1. The van der Waals surface area contributed by atoms with Gasteiger partial charge in [0, 0.05) is 5.41 Å². The van der Waals surface area contributed by atoms with Gasteiger partial charge in [-0.25, -0.2) is 9.59 Å². The molecule has 4 nitrogen and oxygen atoms in total. The molecule has 52 heavy (non-hydrogen) atoms. The van der Waals surface area contributed by atoms with Crippen molar-refractivity contribution in [1.82, 2.24) is 0 Å². The summed E-state index contributed by atoms with van der Waals surface area (Å²) in [5, 5.41) is 0. The van der Waals surface area contributed by atoms with Gasteiger partial charge in [-0.15, -0.1) is 0 Å². The Hall–Kier alpha value is -3.14. The summed E-state index contributed by atoms with van der Waals surface area (Å²) >= 11 is 0. The monoisotopic (exact) mass is 704 g/mol. The van der Waals surface area contributed by atoms with E-state index >= 15 is 0 Å². The summed E-state index contributed by atoms with van der Waals surface area (Å²) < 4.78 is 11.9. The molecule has 5 aliphatic carbocycles. The molecule has 5 aliphatic rings. The molecule has 9 atom stereocenters. The standard InChI is InChI=1S/C48H64O4/c1-31(2)35-22-27-48(30-51-41(49)33-14-12-11-13-15-33)29-28-46(9)37(40(35)48)20-21-39-45(8)25-23-36(44(6,7)38(45)24-26-47(39,46)10)32-16-18-34(19-17-32)42(50)52-43(3,4)5/h11-19,23,35,37-40H,1,20-22,24-30H2,2-10H3/t35-,37+,38-,39+,40+,45-,46+,47+,48?/m0/s1. The fourth-order valence-electron chi connectivity index (χ4n) is 13.6. The van der Waals surface area contributed by atoms with Crippen LogP contribution in [0.5, 0.6) is 0 Å². The molecule has 2 aromatic carbocycles. The minimum atomic E-state index is -0.513. The van der Waals surface area contributed by atoms with E-state index in [-0.39, 0.29) is 39.0 Å². The van der Waals surface area contributed by atoms with Gasteiger partial charge in [-0.3, -0.25) is 0 Å². The van der Waals surface area contributed by atoms with Crippen molar-refractivity contribution in [3.63, 3.8) is 0 Å². The SMILES string of the molecule is C=C(C)[C@@H]1CCC2(COC(=O)c3ccccc3)CC[C@]3(C)[C@H](CC[C@@H]4[C@@]5(C)CC=C(c6ccc(C(=O)OC(C)(C)C)cc6)C(C)(C)[C@@H]5CC[C@]43C)[C@@H]12. The van der Waals surface area contributed by atoms with Crippen molar-refractivity contribution in [2.24, 2.45) is 56.7 Å². The van der Waals surface area contributed by atoms with Crippen LogP contribution in [0.3, 0.4) is 0 Å². The highest BCUT2D eigenvalue weighted by Gasteiger charge is 2.70. The first kappa shape index (κ1) is 37.2. The van der Waals surface area contributed by atoms with Crippen LogP contribution in [-0.4, -0.2) is 24.1 Å². The molecule has 0 amide bonds. The summed E-state index contributed by atoms with van der Waals surface area (Å²) in [4.78, 5) is 26.0. The van der Waals surface area contributed by atoms with E-state index in [1.165, 1.54) is 48.8 Å². The molecule has 0 radical (unpaired) electrons. The molecule has 0 saturated heterocycles. The zero-order valence-corrected chi connectivity index (χ0v) is 33.6. The van der Waals surface area contributed by atoms with Crippen LogP contribution in [-0.2, 0) is 9.47 Å². The Kier molecular flexibility index (Phi) is 9.10. The number of carbonyl (C=O) groups is 2. The lowest BCUT2D eigenvalue weighted by atomic mass is 9.32. The van der Waals surface area contributed by atoms with Gasteiger partial charge in [0.2, 0.25) is 0 Å². The zero-order valence-electron chi connectivity index (χ0n) is 33.6. The molecule has 7 rings (SSSR count). The van der Waals surface area contributed by atoms with Gasteiger partial charge in [0.25, 0.3) is 0 Å². The average molecular weight is 705 g/mol. The van der Waals surface area contributed by atoms with E-state index in [1.807, 2.05) is 63.2 Å². The molecule has 4 heteroatoms. The van der Waals surface area contributed by atoms with E-state index in [0.717, 1.165) is 25.7 Å². The van der Waals surface area contributed by atoms with E-state index in [4.69, 9.17) is 9.47 Å². The molecule has 0 spiro atoms. The van der Waals surface area contributed by atoms with E-state index in [0.29, 0.717) is 47.3 Å².